The molecule has 1 heterocycles. The van der Waals surface area contributed by atoms with Crippen molar-refractivity contribution in [3.63, 3.8) is 0 Å². The maximum absolute atomic E-state index is 4.45. The lowest BCUT2D eigenvalue weighted by Gasteiger charge is -2.17. The van der Waals surface area contributed by atoms with Crippen molar-refractivity contribution in [2.75, 3.05) is 13.1 Å². The molecule has 0 spiro atoms. The van der Waals surface area contributed by atoms with Crippen LogP contribution in [-0.4, -0.2) is 22.9 Å². The first-order valence-electron chi connectivity index (χ1n) is 7.53. The van der Waals surface area contributed by atoms with Crippen LogP contribution in [0.1, 0.15) is 23.9 Å². The average Bonchev–Trinajstić information content (AvgIpc) is 2.76. The second kappa shape index (κ2) is 7.76. The van der Waals surface area contributed by atoms with Crippen LogP contribution in [0.15, 0.2) is 34.8 Å². The Balaban J connectivity index is 2.06. The number of benzene rings is 1. The molecule has 1 N–H and O–H groups in total. The van der Waals surface area contributed by atoms with E-state index < -0.39 is 0 Å². The minimum atomic E-state index is 0.584. The summed E-state index contributed by atoms with van der Waals surface area (Å²) in [6.07, 6.45) is 2.14. The largest absolute Gasteiger partial charge is 0.317 e. The molecule has 1 aromatic carbocycles. The molecular formula is C17H24BrN3. The summed E-state index contributed by atoms with van der Waals surface area (Å²) in [6.45, 7) is 6.26. The van der Waals surface area contributed by atoms with Crippen molar-refractivity contribution in [3.8, 4) is 0 Å². The standard InChI is InChI=1S/C17H24BrN3/c1-4-19-12-15(10-14-5-7-16(18)8-6-14)11-17-9-13(2)20-21(17)3/h5-9,15,19H,4,10-12H2,1-3H3. The summed E-state index contributed by atoms with van der Waals surface area (Å²) < 4.78 is 3.15. The maximum atomic E-state index is 4.45. The lowest BCUT2D eigenvalue weighted by Crippen LogP contribution is -2.26. The zero-order valence-electron chi connectivity index (χ0n) is 13.1. The van der Waals surface area contributed by atoms with E-state index in [1.807, 2.05) is 11.7 Å². The Hall–Kier alpha value is -1.13. The van der Waals surface area contributed by atoms with Crippen LogP contribution in [0.3, 0.4) is 0 Å². The third kappa shape index (κ3) is 4.97. The van der Waals surface area contributed by atoms with Crippen molar-refractivity contribution < 1.29 is 0 Å². The minimum Gasteiger partial charge on any atom is -0.317 e. The van der Waals surface area contributed by atoms with Crippen LogP contribution in [0, 0.1) is 12.8 Å². The highest BCUT2D eigenvalue weighted by Crippen LogP contribution is 2.17. The number of aryl methyl sites for hydroxylation is 2. The molecule has 1 aromatic heterocycles. The van der Waals surface area contributed by atoms with Gasteiger partial charge in [-0.3, -0.25) is 4.68 Å². The number of nitrogens with one attached hydrogen (secondary N) is 1. The van der Waals surface area contributed by atoms with E-state index in [4.69, 9.17) is 0 Å². The molecule has 1 atom stereocenters. The van der Waals surface area contributed by atoms with Gasteiger partial charge in [-0.25, -0.2) is 0 Å². The third-order valence-corrected chi connectivity index (χ3v) is 4.25. The first kappa shape index (κ1) is 16.2. The van der Waals surface area contributed by atoms with Crippen LogP contribution >= 0.6 is 15.9 Å². The fraction of sp³-hybridized carbons (Fsp3) is 0.471. The fourth-order valence-electron chi connectivity index (χ4n) is 2.67. The summed E-state index contributed by atoms with van der Waals surface area (Å²) in [4.78, 5) is 0. The van der Waals surface area contributed by atoms with Crippen LogP contribution in [-0.2, 0) is 19.9 Å². The average molecular weight is 350 g/mol. The molecule has 0 amide bonds. The number of hydrogen-bond donors (Lipinski definition) is 1. The predicted molar refractivity (Wildman–Crippen MR) is 91.5 cm³/mol. The van der Waals surface area contributed by atoms with Gasteiger partial charge >= 0.3 is 0 Å². The van der Waals surface area contributed by atoms with Crippen molar-refractivity contribution in [1.82, 2.24) is 15.1 Å². The van der Waals surface area contributed by atoms with E-state index in [9.17, 15) is 0 Å². The Kier molecular flexibility index (Phi) is 6.00. The highest BCUT2D eigenvalue weighted by molar-refractivity contribution is 9.10. The van der Waals surface area contributed by atoms with Crippen LogP contribution in [0.4, 0.5) is 0 Å². The quantitative estimate of drug-likeness (QED) is 0.828. The summed E-state index contributed by atoms with van der Waals surface area (Å²) in [5.41, 5.74) is 3.80. The van der Waals surface area contributed by atoms with Crippen LogP contribution in [0.2, 0.25) is 0 Å². The Morgan fingerprint density at radius 3 is 2.52 bits per heavy atom. The summed E-state index contributed by atoms with van der Waals surface area (Å²) in [6, 6.07) is 10.8. The Labute approximate surface area is 135 Å². The van der Waals surface area contributed by atoms with Crippen molar-refractivity contribution >= 4 is 15.9 Å². The number of halogens is 1. The van der Waals surface area contributed by atoms with Gasteiger partial charge in [0, 0.05) is 17.2 Å². The molecular weight excluding hydrogens is 326 g/mol. The molecule has 0 aliphatic heterocycles. The van der Waals surface area contributed by atoms with Gasteiger partial charge < -0.3 is 5.32 Å². The molecule has 0 saturated carbocycles. The molecule has 0 saturated heterocycles. The molecule has 0 radical (unpaired) electrons. The van der Waals surface area contributed by atoms with Crippen LogP contribution in [0.25, 0.3) is 0 Å². The van der Waals surface area contributed by atoms with Gasteiger partial charge in [-0.05, 0) is 62.5 Å². The zero-order valence-corrected chi connectivity index (χ0v) is 14.7. The highest BCUT2D eigenvalue weighted by atomic mass is 79.9. The Bertz CT molecular complexity index is 560. The topological polar surface area (TPSA) is 29.9 Å². The van der Waals surface area contributed by atoms with Gasteiger partial charge in [0.15, 0.2) is 0 Å². The van der Waals surface area contributed by atoms with E-state index in [1.54, 1.807) is 0 Å². The van der Waals surface area contributed by atoms with Gasteiger partial charge in [0.05, 0.1) is 5.69 Å². The first-order valence-corrected chi connectivity index (χ1v) is 8.32. The minimum absolute atomic E-state index is 0.584. The van der Waals surface area contributed by atoms with Gasteiger partial charge in [0.1, 0.15) is 0 Å². The maximum Gasteiger partial charge on any atom is 0.0596 e. The summed E-state index contributed by atoms with van der Waals surface area (Å²) in [5, 5.41) is 7.94. The SMILES string of the molecule is CCNCC(Cc1ccc(Br)cc1)Cc1cc(C)nn1C. The summed E-state index contributed by atoms with van der Waals surface area (Å²) >= 11 is 3.50. The second-order valence-corrected chi connectivity index (χ2v) is 6.52. The highest BCUT2D eigenvalue weighted by Gasteiger charge is 2.13. The summed E-state index contributed by atoms with van der Waals surface area (Å²) in [7, 11) is 2.03. The van der Waals surface area contributed by atoms with Crippen molar-refractivity contribution in [2.24, 2.45) is 13.0 Å². The number of aromatic nitrogens is 2. The number of rotatable bonds is 7. The first-order chi connectivity index (χ1) is 10.1. The van der Waals surface area contributed by atoms with E-state index in [-0.39, 0.29) is 0 Å². The third-order valence-electron chi connectivity index (χ3n) is 3.72. The molecule has 0 fully saturated rings. The van der Waals surface area contributed by atoms with Crippen LogP contribution < -0.4 is 5.32 Å². The zero-order chi connectivity index (χ0) is 15.2. The van der Waals surface area contributed by atoms with Crippen molar-refractivity contribution in [2.45, 2.75) is 26.7 Å². The monoisotopic (exact) mass is 349 g/mol. The number of hydrogen-bond acceptors (Lipinski definition) is 2. The lowest BCUT2D eigenvalue weighted by molar-refractivity contribution is 0.464. The smallest absolute Gasteiger partial charge is 0.0596 e. The van der Waals surface area contributed by atoms with E-state index in [0.717, 1.165) is 36.1 Å². The van der Waals surface area contributed by atoms with Gasteiger partial charge in [-0.2, -0.15) is 5.10 Å². The van der Waals surface area contributed by atoms with Crippen molar-refractivity contribution in [3.05, 3.63) is 51.8 Å². The van der Waals surface area contributed by atoms with E-state index in [1.165, 1.54) is 11.3 Å². The van der Waals surface area contributed by atoms with Gasteiger partial charge in [-0.15, -0.1) is 0 Å². The van der Waals surface area contributed by atoms with Crippen molar-refractivity contribution in [1.29, 1.82) is 0 Å². The molecule has 3 nitrogen and oxygen atoms in total. The van der Waals surface area contributed by atoms with Gasteiger partial charge in [-0.1, -0.05) is 35.0 Å². The summed E-state index contributed by atoms with van der Waals surface area (Å²) in [5.74, 6) is 0.584. The molecule has 21 heavy (non-hydrogen) atoms. The molecule has 0 bridgehead atoms. The molecule has 114 valence electrons. The molecule has 2 rings (SSSR count). The molecule has 0 aliphatic carbocycles. The second-order valence-electron chi connectivity index (χ2n) is 5.61. The van der Waals surface area contributed by atoms with Gasteiger partial charge in [0.2, 0.25) is 0 Å². The van der Waals surface area contributed by atoms with Crippen LogP contribution in [0.5, 0.6) is 0 Å². The normalized spacial score (nSPS) is 12.6. The van der Waals surface area contributed by atoms with E-state index in [0.29, 0.717) is 5.92 Å². The molecule has 1 unspecified atom stereocenters. The lowest BCUT2D eigenvalue weighted by atomic mass is 9.94. The predicted octanol–water partition coefficient (Wildman–Crippen LogP) is 3.50. The van der Waals surface area contributed by atoms with E-state index in [2.05, 4.69) is 70.5 Å². The molecule has 4 heteroatoms. The molecule has 2 aromatic rings. The fourth-order valence-corrected chi connectivity index (χ4v) is 2.93. The van der Waals surface area contributed by atoms with Gasteiger partial charge in [0.25, 0.3) is 0 Å². The Morgan fingerprint density at radius 1 is 1.24 bits per heavy atom. The molecule has 0 aliphatic rings. The Morgan fingerprint density at radius 2 is 1.95 bits per heavy atom. The van der Waals surface area contributed by atoms with E-state index >= 15 is 0 Å². The number of nitrogens with zero attached hydrogens (tertiary/aromatic N) is 2.